The van der Waals surface area contributed by atoms with Gasteiger partial charge in [-0.15, -0.1) is 0 Å². The van der Waals surface area contributed by atoms with E-state index in [-0.39, 0.29) is 24.8 Å². The molecule has 0 N–H and O–H groups in total. The Morgan fingerprint density at radius 1 is 0.571 bits per heavy atom. The maximum Gasteiger partial charge on any atom is -1.00 e. The Balaban J connectivity index is 0.00000127. The fraction of sp³-hybridized carbons (Fsp3) is 0.133. The van der Waals surface area contributed by atoms with Crippen molar-refractivity contribution in [1.29, 1.82) is 0 Å². The van der Waals surface area contributed by atoms with E-state index < -0.39 is 20.3 Å². The molecule has 3 heterocycles. The fourth-order valence-corrected chi connectivity index (χ4v) is 21.7. The van der Waals surface area contributed by atoms with Crippen molar-refractivity contribution in [2.24, 2.45) is 0 Å². The van der Waals surface area contributed by atoms with Crippen molar-refractivity contribution in [2.45, 2.75) is 15.5 Å². The van der Waals surface area contributed by atoms with Crippen LogP contribution in [-0.2, 0) is 20.3 Å². The van der Waals surface area contributed by atoms with Gasteiger partial charge in [-0.3, -0.25) is 0 Å². The van der Waals surface area contributed by atoms with Crippen LogP contribution in [0, 0.1) is 0 Å². The predicted octanol–water partition coefficient (Wildman–Crippen LogP) is 1.66. The molecule has 1 aliphatic heterocycles. The third kappa shape index (κ3) is 3.89. The second-order valence-corrected chi connectivity index (χ2v) is 21.0. The minimum atomic E-state index is -2.48. The largest absolute Gasteiger partial charge is 1.00 e. The van der Waals surface area contributed by atoms with Gasteiger partial charge in [0.05, 0.1) is 0 Å². The van der Waals surface area contributed by atoms with E-state index in [0.29, 0.717) is 7.25 Å². The summed E-state index contributed by atoms with van der Waals surface area (Å²) in [5.74, 6) is 0. The molecule has 1 fully saturated rings. The van der Waals surface area contributed by atoms with Gasteiger partial charge in [0.15, 0.2) is 0 Å². The molecule has 35 heavy (non-hydrogen) atoms. The van der Waals surface area contributed by atoms with Crippen LogP contribution in [0.1, 0.15) is 29.5 Å². The van der Waals surface area contributed by atoms with E-state index in [0.717, 1.165) is 11.4 Å². The number of benzene rings is 2. The Morgan fingerprint density at radius 3 is 1.46 bits per heavy atom. The second kappa shape index (κ2) is 9.62. The molecule has 5 heteroatoms. The Morgan fingerprint density at radius 2 is 1.06 bits per heavy atom. The number of aromatic nitrogens is 2. The third-order valence-corrected chi connectivity index (χ3v) is 20.4. The molecule has 3 aliphatic rings. The molecule has 1 saturated heterocycles. The van der Waals surface area contributed by atoms with Crippen molar-refractivity contribution >= 4 is 12.2 Å². The molecule has 2 unspecified atom stereocenters. The monoisotopic (exact) mass is 572 g/mol. The summed E-state index contributed by atoms with van der Waals surface area (Å²) in [5, 5.41) is 0. The molecule has 0 saturated carbocycles. The first-order valence-electron chi connectivity index (χ1n) is 11.8. The summed E-state index contributed by atoms with van der Waals surface area (Å²) in [6.45, 7) is 0. The topological polar surface area (TPSA) is 25.8 Å². The molecule has 2 aliphatic carbocycles. The van der Waals surface area contributed by atoms with Gasteiger partial charge in [0.25, 0.3) is 0 Å². The number of pyridine rings is 2. The molecule has 0 bridgehead atoms. The van der Waals surface area contributed by atoms with Gasteiger partial charge >= 0.3 is 200 Å². The quantitative estimate of drug-likeness (QED) is 0.371. The molecule has 2 aromatic heterocycles. The average Bonchev–Trinajstić information content (AvgIpc) is 3.35. The number of hydrogen-bond donors (Lipinski definition) is 0. The van der Waals surface area contributed by atoms with Gasteiger partial charge in [0.2, 0.25) is 0 Å². The Bertz CT molecular complexity index is 1320. The van der Waals surface area contributed by atoms with Crippen molar-refractivity contribution in [3.05, 3.63) is 120 Å². The van der Waals surface area contributed by atoms with Gasteiger partial charge in [0, 0.05) is 0 Å². The van der Waals surface area contributed by atoms with E-state index >= 15 is 0 Å². The number of nitrogens with zero attached hydrogens (tertiary/aromatic N) is 2. The zero-order valence-electron chi connectivity index (χ0n) is 19.1. The minimum absolute atomic E-state index is 0. The summed E-state index contributed by atoms with van der Waals surface area (Å²) in [5.41, 5.74) is 10.6. The van der Waals surface area contributed by atoms with Crippen LogP contribution in [0.15, 0.2) is 97.3 Å². The molecule has 2 atom stereocenters. The molecule has 0 radical (unpaired) electrons. The maximum absolute atomic E-state index is 4.64. The molecular formula is C30H24Cl2N2Zr. The van der Waals surface area contributed by atoms with E-state index in [1.165, 1.54) is 30.5 Å². The first kappa shape index (κ1) is 24.4. The summed E-state index contributed by atoms with van der Waals surface area (Å²) in [7, 11) is 0. The van der Waals surface area contributed by atoms with Crippen molar-refractivity contribution < 1.29 is 45.1 Å². The standard InChI is InChI=1S/2C14H10N.C2H4.2ClH.Zr/c2*1-2-10-15-14(9-1)13-8-4-6-11-5-3-7-12(11)13;1-2;;;/h2*1-10H;1-2H2;2*1H;/q;;;;;+2/p-2. The molecule has 172 valence electrons. The van der Waals surface area contributed by atoms with E-state index in [9.17, 15) is 0 Å². The molecule has 0 amide bonds. The van der Waals surface area contributed by atoms with Crippen LogP contribution < -0.4 is 24.8 Å². The summed E-state index contributed by atoms with van der Waals surface area (Å²) in [6.07, 6.45) is 13.7. The third-order valence-electron chi connectivity index (χ3n) is 7.81. The number of hydrogen-bond acceptors (Lipinski definition) is 2. The van der Waals surface area contributed by atoms with Crippen LogP contribution in [0.4, 0.5) is 0 Å². The summed E-state index contributed by atoms with van der Waals surface area (Å²) >= 11 is -2.48. The van der Waals surface area contributed by atoms with E-state index in [1.54, 1.807) is 11.1 Å². The number of rotatable bonds is 4. The minimum Gasteiger partial charge on any atom is -1.00 e. The fourth-order valence-electron chi connectivity index (χ4n) is 6.13. The molecule has 7 rings (SSSR count). The Hall–Kier alpha value is -2.32. The normalized spacial score (nSPS) is 19.0. The van der Waals surface area contributed by atoms with Crippen LogP contribution in [0.25, 0.3) is 34.7 Å². The van der Waals surface area contributed by atoms with Crippen LogP contribution in [0.3, 0.4) is 0 Å². The Kier molecular flexibility index (Phi) is 6.70. The molecule has 4 aromatic rings. The van der Waals surface area contributed by atoms with Crippen LogP contribution >= 0.6 is 0 Å². The van der Waals surface area contributed by atoms with Crippen LogP contribution in [0.5, 0.6) is 0 Å². The molecule has 2 aromatic carbocycles. The zero-order chi connectivity index (χ0) is 21.8. The SMILES string of the molecule is C1=C[CH]([Zr+2]2([CH]3C=Cc4c(-c5ccccn5)cccc43)[CH2][CH2]2)c2cccc(-c3ccccn3)c21.[Cl-].[Cl-]. The van der Waals surface area contributed by atoms with E-state index in [2.05, 4.69) is 94.9 Å². The average molecular weight is 575 g/mol. The van der Waals surface area contributed by atoms with E-state index in [1.807, 2.05) is 24.5 Å². The number of fused-ring (bicyclic) bond motifs is 2. The van der Waals surface area contributed by atoms with Gasteiger partial charge in [-0.25, -0.2) is 0 Å². The van der Waals surface area contributed by atoms with Crippen molar-refractivity contribution in [2.75, 3.05) is 0 Å². The Labute approximate surface area is 223 Å². The molecule has 0 spiro atoms. The number of halogens is 2. The molecule has 2 nitrogen and oxygen atoms in total. The first-order valence-corrected chi connectivity index (χ1v) is 18.1. The zero-order valence-corrected chi connectivity index (χ0v) is 23.1. The van der Waals surface area contributed by atoms with Gasteiger partial charge in [-0.2, -0.15) is 0 Å². The van der Waals surface area contributed by atoms with Gasteiger partial charge in [-0.1, -0.05) is 0 Å². The number of allylic oxidation sites excluding steroid dienone is 2. The first-order chi connectivity index (χ1) is 16.4. The summed E-state index contributed by atoms with van der Waals surface area (Å²) in [4.78, 5) is 9.28. The summed E-state index contributed by atoms with van der Waals surface area (Å²) in [6, 6.07) is 26.1. The molecular weight excluding hydrogens is 550 g/mol. The second-order valence-electron chi connectivity index (χ2n) is 9.45. The smallest absolute Gasteiger partial charge is 1.00 e. The van der Waals surface area contributed by atoms with Gasteiger partial charge < -0.3 is 24.8 Å². The van der Waals surface area contributed by atoms with Crippen LogP contribution in [0.2, 0.25) is 8.26 Å². The van der Waals surface area contributed by atoms with Gasteiger partial charge in [0.1, 0.15) is 0 Å². The summed E-state index contributed by atoms with van der Waals surface area (Å²) < 4.78 is 4.24. The van der Waals surface area contributed by atoms with Crippen molar-refractivity contribution in [3.63, 3.8) is 0 Å². The van der Waals surface area contributed by atoms with Crippen molar-refractivity contribution in [1.82, 2.24) is 9.97 Å². The van der Waals surface area contributed by atoms with E-state index in [4.69, 9.17) is 0 Å². The maximum atomic E-state index is 4.64. The van der Waals surface area contributed by atoms with Crippen molar-refractivity contribution in [3.8, 4) is 22.5 Å². The van der Waals surface area contributed by atoms with Gasteiger partial charge in [-0.05, 0) is 0 Å². The van der Waals surface area contributed by atoms with Crippen LogP contribution in [-0.4, -0.2) is 9.97 Å². The predicted molar refractivity (Wildman–Crippen MR) is 133 cm³/mol.